The third kappa shape index (κ3) is 3.08. The average molecular weight is 276 g/mol. The molecule has 100 valence electrons. The molecule has 1 amide bonds. The molecule has 6 heteroatoms. The van der Waals surface area contributed by atoms with Crippen LogP contribution in [0.3, 0.4) is 0 Å². The van der Waals surface area contributed by atoms with E-state index in [0.717, 1.165) is 11.4 Å². The molecule has 1 unspecified atom stereocenters. The molecule has 19 heavy (non-hydrogen) atoms. The van der Waals surface area contributed by atoms with E-state index < -0.39 is 0 Å². The fourth-order valence-electron chi connectivity index (χ4n) is 1.64. The van der Waals surface area contributed by atoms with Crippen molar-refractivity contribution < 1.29 is 4.79 Å². The predicted octanol–water partition coefficient (Wildman–Crippen LogP) is 2.17. The summed E-state index contributed by atoms with van der Waals surface area (Å²) in [5.41, 5.74) is 6.54. The maximum absolute atomic E-state index is 12.1. The minimum Gasteiger partial charge on any atom is -0.397 e. The molecule has 5 nitrogen and oxygen atoms in total. The van der Waals surface area contributed by atoms with Gasteiger partial charge in [0.05, 0.1) is 23.5 Å². The molecule has 0 aliphatic heterocycles. The van der Waals surface area contributed by atoms with Crippen LogP contribution in [0.25, 0.3) is 0 Å². The van der Waals surface area contributed by atoms with E-state index in [1.807, 2.05) is 13.1 Å². The minimum absolute atomic E-state index is 0.134. The summed E-state index contributed by atoms with van der Waals surface area (Å²) in [6.45, 7) is 3.99. The molecule has 0 aliphatic rings. The number of hydrogen-bond donors (Lipinski definition) is 2. The highest BCUT2D eigenvalue weighted by Gasteiger charge is 2.15. The maximum Gasteiger partial charge on any atom is 0.254 e. The third-order valence-corrected chi connectivity index (χ3v) is 4.06. The lowest BCUT2D eigenvalue weighted by Crippen LogP contribution is -2.27. The van der Waals surface area contributed by atoms with Gasteiger partial charge in [0.1, 0.15) is 5.01 Å². The molecule has 1 atom stereocenters. The van der Waals surface area contributed by atoms with Crippen LogP contribution >= 0.6 is 11.3 Å². The highest BCUT2D eigenvalue weighted by Crippen LogP contribution is 2.21. The fraction of sp³-hybridized carbons (Fsp3) is 0.308. The molecule has 0 fully saturated rings. The van der Waals surface area contributed by atoms with Crippen molar-refractivity contribution in [3.8, 4) is 0 Å². The number of thiazole rings is 1. The zero-order valence-corrected chi connectivity index (χ0v) is 11.7. The molecule has 2 aromatic heterocycles. The van der Waals surface area contributed by atoms with E-state index in [0.29, 0.717) is 11.3 Å². The lowest BCUT2D eigenvalue weighted by molar-refractivity contribution is 0.0940. The Hall–Kier alpha value is -1.95. The van der Waals surface area contributed by atoms with E-state index in [2.05, 4.69) is 22.2 Å². The van der Waals surface area contributed by atoms with Gasteiger partial charge in [-0.1, -0.05) is 6.92 Å². The first-order valence-corrected chi connectivity index (χ1v) is 6.88. The van der Waals surface area contributed by atoms with Crippen molar-refractivity contribution in [2.75, 3.05) is 5.73 Å². The Morgan fingerprint density at radius 3 is 2.95 bits per heavy atom. The fourth-order valence-corrected chi connectivity index (χ4v) is 2.50. The van der Waals surface area contributed by atoms with Crippen molar-refractivity contribution in [2.24, 2.45) is 0 Å². The van der Waals surface area contributed by atoms with Crippen molar-refractivity contribution in [1.82, 2.24) is 15.3 Å². The highest BCUT2D eigenvalue weighted by atomic mass is 32.1. The summed E-state index contributed by atoms with van der Waals surface area (Å²) >= 11 is 1.61. The van der Waals surface area contributed by atoms with Gasteiger partial charge in [-0.3, -0.25) is 9.78 Å². The molecule has 0 aromatic carbocycles. The Morgan fingerprint density at radius 1 is 1.53 bits per heavy atom. The first-order chi connectivity index (χ1) is 9.11. The molecule has 0 saturated heterocycles. The highest BCUT2D eigenvalue weighted by molar-refractivity contribution is 7.11. The van der Waals surface area contributed by atoms with Crippen molar-refractivity contribution in [2.45, 2.75) is 26.3 Å². The second-order valence-electron chi connectivity index (χ2n) is 4.18. The number of carbonyl (C=O) groups is 1. The van der Waals surface area contributed by atoms with E-state index in [9.17, 15) is 4.79 Å². The number of nitrogens with zero attached hydrogens (tertiary/aromatic N) is 2. The second-order valence-corrected chi connectivity index (χ2v) is 5.32. The van der Waals surface area contributed by atoms with Gasteiger partial charge >= 0.3 is 0 Å². The quantitative estimate of drug-likeness (QED) is 0.896. The molecular weight excluding hydrogens is 260 g/mol. The first kappa shape index (κ1) is 13.5. The van der Waals surface area contributed by atoms with Gasteiger partial charge in [-0.15, -0.1) is 11.3 Å². The molecule has 2 heterocycles. The van der Waals surface area contributed by atoms with Gasteiger partial charge in [-0.05, 0) is 19.4 Å². The normalized spacial score (nSPS) is 12.1. The van der Waals surface area contributed by atoms with Crippen LogP contribution in [-0.2, 0) is 6.42 Å². The second kappa shape index (κ2) is 5.79. The SMILES string of the molecule is CCc1cnc(C(C)NC(=O)c2ccncc2N)s1. The van der Waals surface area contributed by atoms with Crippen LogP contribution in [0.2, 0.25) is 0 Å². The van der Waals surface area contributed by atoms with Gasteiger partial charge in [-0.2, -0.15) is 0 Å². The van der Waals surface area contributed by atoms with Gasteiger partial charge in [0.25, 0.3) is 5.91 Å². The molecule has 0 saturated carbocycles. The number of pyridine rings is 1. The van der Waals surface area contributed by atoms with E-state index >= 15 is 0 Å². The van der Waals surface area contributed by atoms with Crippen molar-refractivity contribution >= 4 is 22.9 Å². The molecule has 2 aromatic rings. The van der Waals surface area contributed by atoms with Crippen LogP contribution in [0.5, 0.6) is 0 Å². The summed E-state index contributed by atoms with van der Waals surface area (Å²) in [7, 11) is 0. The summed E-state index contributed by atoms with van der Waals surface area (Å²) in [6, 6.07) is 1.47. The van der Waals surface area contributed by atoms with Gasteiger partial charge in [0, 0.05) is 17.3 Å². The van der Waals surface area contributed by atoms with Crippen LogP contribution < -0.4 is 11.1 Å². The topological polar surface area (TPSA) is 80.9 Å². The van der Waals surface area contributed by atoms with Crippen LogP contribution in [-0.4, -0.2) is 15.9 Å². The summed E-state index contributed by atoms with van der Waals surface area (Å²) in [5.74, 6) is -0.208. The third-order valence-electron chi connectivity index (χ3n) is 2.73. The number of aryl methyl sites for hydroxylation is 1. The number of nitrogen functional groups attached to an aromatic ring is 1. The van der Waals surface area contributed by atoms with Gasteiger partial charge < -0.3 is 11.1 Å². The number of anilines is 1. The lowest BCUT2D eigenvalue weighted by Gasteiger charge is -2.12. The monoisotopic (exact) mass is 276 g/mol. The Labute approximate surface area is 115 Å². The minimum atomic E-state index is -0.208. The molecule has 0 aliphatic carbocycles. The van der Waals surface area contributed by atoms with Crippen LogP contribution in [0.15, 0.2) is 24.7 Å². The zero-order chi connectivity index (χ0) is 13.8. The number of rotatable bonds is 4. The maximum atomic E-state index is 12.1. The molecule has 0 spiro atoms. The van der Waals surface area contributed by atoms with Crippen LogP contribution in [0, 0.1) is 0 Å². The summed E-state index contributed by atoms with van der Waals surface area (Å²) in [4.78, 5) is 21.5. The standard InChI is InChI=1S/C13H16N4OS/c1-3-9-6-16-13(19-9)8(2)17-12(18)10-4-5-15-7-11(10)14/h4-8H,3,14H2,1-2H3,(H,17,18). The van der Waals surface area contributed by atoms with Gasteiger partial charge in [0.15, 0.2) is 0 Å². The van der Waals surface area contributed by atoms with Crippen LogP contribution in [0.1, 0.15) is 40.1 Å². The van der Waals surface area contributed by atoms with E-state index in [1.165, 1.54) is 11.1 Å². The van der Waals surface area contributed by atoms with E-state index in [1.54, 1.807) is 23.6 Å². The summed E-state index contributed by atoms with van der Waals surface area (Å²) in [5, 5.41) is 3.79. The van der Waals surface area contributed by atoms with Crippen molar-refractivity contribution in [1.29, 1.82) is 0 Å². The Bertz CT molecular complexity index is 582. The number of amides is 1. The van der Waals surface area contributed by atoms with E-state index in [-0.39, 0.29) is 11.9 Å². The number of carbonyl (C=O) groups excluding carboxylic acids is 1. The Morgan fingerprint density at radius 2 is 2.32 bits per heavy atom. The lowest BCUT2D eigenvalue weighted by atomic mass is 10.2. The Balaban J connectivity index is 2.08. The molecule has 0 bridgehead atoms. The molecule has 3 N–H and O–H groups in total. The molecule has 0 radical (unpaired) electrons. The Kier molecular flexibility index (Phi) is 4.11. The van der Waals surface area contributed by atoms with Crippen molar-refractivity contribution in [3.05, 3.63) is 40.1 Å². The zero-order valence-electron chi connectivity index (χ0n) is 10.9. The largest absolute Gasteiger partial charge is 0.397 e. The number of nitrogens with two attached hydrogens (primary N) is 1. The smallest absolute Gasteiger partial charge is 0.254 e. The number of hydrogen-bond acceptors (Lipinski definition) is 5. The van der Waals surface area contributed by atoms with Crippen molar-refractivity contribution in [3.63, 3.8) is 0 Å². The van der Waals surface area contributed by atoms with E-state index in [4.69, 9.17) is 5.73 Å². The van der Waals surface area contributed by atoms with Crippen LogP contribution in [0.4, 0.5) is 5.69 Å². The predicted molar refractivity (Wildman–Crippen MR) is 76.0 cm³/mol. The number of aromatic nitrogens is 2. The molecular formula is C13H16N4OS. The first-order valence-electron chi connectivity index (χ1n) is 6.06. The van der Waals surface area contributed by atoms with Gasteiger partial charge in [-0.25, -0.2) is 4.98 Å². The molecule has 2 rings (SSSR count). The summed E-state index contributed by atoms with van der Waals surface area (Å²) < 4.78 is 0. The number of nitrogens with one attached hydrogen (secondary N) is 1. The summed E-state index contributed by atoms with van der Waals surface area (Å²) in [6.07, 6.45) is 5.83. The average Bonchev–Trinajstić information content (AvgIpc) is 2.88. The van der Waals surface area contributed by atoms with Gasteiger partial charge in [0.2, 0.25) is 0 Å².